The molecule has 1 N–H and O–H groups in total. The molecule has 2 aromatic carbocycles. The van der Waals surface area contributed by atoms with Gasteiger partial charge in [-0.05, 0) is 43.3 Å². The number of rotatable bonds is 3. The Balaban J connectivity index is 2.27. The highest BCUT2D eigenvalue weighted by molar-refractivity contribution is 9.10. The van der Waals surface area contributed by atoms with Crippen molar-refractivity contribution < 1.29 is 4.39 Å². The number of hydrogen-bond donors (Lipinski definition) is 1. The summed E-state index contributed by atoms with van der Waals surface area (Å²) in [5, 5.41) is 3.75. The van der Waals surface area contributed by atoms with Crippen LogP contribution in [0, 0.1) is 5.82 Å². The quantitative estimate of drug-likeness (QED) is 0.653. The van der Waals surface area contributed by atoms with Gasteiger partial charge in [0.1, 0.15) is 5.82 Å². The minimum atomic E-state index is -0.467. The molecule has 0 spiro atoms. The molecule has 2 rings (SSSR count). The maximum Gasteiger partial charge on any atom is 0.142 e. The van der Waals surface area contributed by atoms with Gasteiger partial charge in [0.2, 0.25) is 0 Å². The molecule has 1 nitrogen and oxygen atoms in total. The zero-order chi connectivity index (χ0) is 14.0. The van der Waals surface area contributed by atoms with Crippen molar-refractivity contribution in [1.29, 1.82) is 0 Å². The lowest BCUT2D eigenvalue weighted by molar-refractivity contribution is 0.624. The highest BCUT2D eigenvalue weighted by atomic mass is 79.9. The van der Waals surface area contributed by atoms with Crippen LogP contribution in [0.2, 0.25) is 10.0 Å². The van der Waals surface area contributed by atoms with E-state index < -0.39 is 5.82 Å². The average Bonchev–Trinajstić information content (AvgIpc) is 2.37. The van der Waals surface area contributed by atoms with E-state index in [9.17, 15) is 4.39 Å². The lowest BCUT2D eigenvalue weighted by Crippen LogP contribution is -2.08. The largest absolute Gasteiger partial charge is 0.378 e. The minimum Gasteiger partial charge on any atom is -0.378 e. The summed E-state index contributed by atoms with van der Waals surface area (Å²) in [5.41, 5.74) is 1.47. The number of anilines is 1. The Bertz CT molecular complexity index is 587. The van der Waals surface area contributed by atoms with Crippen molar-refractivity contribution in [2.24, 2.45) is 0 Å². The lowest BCUT2D eigenvalue weighted by Gasteiger charge is -2.18. The smallest absolute Gasteiger partial charge is 0.142 e. The van der Waals surface area contributed by atoms with E-state index in [-0.39, 0.29) is 11.1 Å². The summed E-state index contributed by atoms with van der Waals surface area (Å²) >= 11 is 15.4. The molecular formula is C14H11BrCl2FN. The van der Waals surface area contributed by atoms with E-state index in [0.717, 1.165) is 10.2 Å². The van der Waals surface area contributed by atoms with E-state index in [1.165, 1.54) is 12.1 Å². The van der Waals surface area contributed by atoms with Crippen LogP contribution < -0.4 is 5.32 Å². The molecule has 1 unspecified atom stereocenters. The predicted molar refractivity (Wildman–Crippen MR) is 82.6 cm³/mol. The van der Waals surface area contributed by atoms with Crippen molar-refractivity contribution in [2.45, 2.75) is 13.0 Å². The second-order valence-electron chi connectivity index (χ2n) is 4.13. The second kappa shape index (κ2) is 6.12. The molecule has 0 aliphatic heterocycles. The molecule has 2 aromatic rings. The van der Waals surface area contributed by atoms with Gasteiger partial charge in [-0.15, -0.1) is 0 Å². The molecular weight excluding hydrogens is 352 g/mol. The van der Waals surface area contributed by atoms with Crippen molar-refractivity contribution in [3.63, 3.8) is 0 Å². The number of halogens is 4. The Labute approximate surface area is 129 Å². The van der Waals surface area contributed by atoms with Crippen LogP contribution in [0.15, 0.2) is 40.9 Å². The van der Waals surface area contributed by atoms with Crippen LogP contribution >= 0.6 is 39.1 Å². The fourth-order valence-corrected chi connectivity index (χ4v) is 2.77. The van der Waals surface area contributed by atoms with Crippen LogP contribution in [0.5, 0.6) is 0 Å². The summed E-state index contributed by atoms with van der Waals surface area (Å²) in [7, 11) is 0. The first-order valence-corrected chi connectivity index (χ1v) is 7.19. The van der Waals surface area contributed by atoms with Crippen molar-refractivity contribution >= 4 is 44.8 Å². The van der Waals surface area contributed by atoms with Gasteiger partial charge in [0.15, 0.2) is 0 Å². The fraction of sp³-hybridized carbons (Fsp3) is 0.143. The van der Waals surface area contributed by atoms with Crippen LogP contribution in [-0.2, 0) is 0 Å². The van der Waals surface area contributed by atoms with Crippen molar-refractivity contribution in [1.82, 2.24) is 0 Å². The van der Waals surface area contributed by atoms with E-state index in [1.807, 2.05) is 31.2 Å². The molecule has 0 aromatic heterocycles. The molecule has 0 saturated carbocycles. The Morgan fingerprint density at radius 2 is 1.74 bits per heavy atom. The zero-order valence-electron chi connectivity index (χ0n) is 10.1. The van der Waals surface area contributed by atoms with E-state index in [1.54, 1.807) is 0 Å². The standard InChI is InChI=1S/C14H11BrCl2FN/c1-8(19-10-4-2-9(15)3-5-10)13-11(16)6-7-12(18)14(13)17/h2-8,19H,1H3. The Kier molecular flexibility index (Phi) is 4.71. The summed E-state index contributed by atoms with van der Waals surface area (Å²) in [6.45, 7) is 1.88. The van der Waals surface area contributed by atoms with Gasteiger partial charge >= 0.3 is 0 Å². The zero-order valence-corrected chi connectivity index (χ0v) is 13.2. The van der Waals surface area contributed by atoms with E-state index in [4.69, 9.17) is 23.2 Å². The number of benzene rings is 2. The van der Waals surface area contributed by atoms with Gasteiger partial charge in [0.25, 0.3) is 0 Å². The maximum atomic E-state index is 13.5. The van der Waals surface area contributed by atoms with E-state index in [2.05, 4.69) is 21.2 Å². The molecule has 0 fully saturated rings. The number of hydrogen-bond acceptors (Lipinski definition) is 1. The van der Waals surface area contributed by atoms with Gasteiger partial charge < -0.3 is 5.32 Å². The molecule has 19 heavy (non-hydrogen) atoms. The fourth-order valence-electron chi connectivity index (χ4n) is 1.81. The van der Waals surface area contributed by atoms with Gasteiger partial charge in [-0.3, -0.25) is 0 Å². The van der Waals surface area contributed by atoms with Crippen molar-refractivity contribution in [2.75, 3.05) is 5.32 Å². The summed E-state index contributed by atoms with van der Waals surface area (Å²) < 4.78 is 14.5. The van der Waals surface area contributed by atoms with Crippen LogP contribution in [0.3, 0.4) is 0 Å². The van der Waals surface area contributed by atoms with E-state index >= 15 is 0 Å². The number of nitrogens with one attached hydrogen (secondary N) is 1. The molecule has 0 amide bonds. The van der Waals surface area contributed by atoms with Gasteiger partial charge in [0, 0.05) is 20.7 Å². The lowest BCUT2D eigenvalue weighted by atomic mass is 10.1. The highest BCUT2D eigenvalue weighted by Crippen LogP contribution is 2.34. The van der Waals surface area contributed by atoms with Crippen molar-refractivity contribution in [3.05, 3.63) is 62.3 Å². The van der Waals surface area contributed by atoms with Crippen LogP contribution in [-0.4, -0.2) is 0 Å². The normalized spacial score (nSPS) is 12.3. The first-order chi connectivity index (χ1) is 8.99. The molecule has 0 radical (unpaired) electrons. The van der Waals surface area contributed by atoms with Gasteiger partial charge in [-0.2, -0.15) is 0 Å². The third-order valence-electron chi connectivity index (χ3n) is 2.74. The Hall–Kier alpha value is -0.770. The van der Waals surface area contributed by atoms with Crippen LogP contribution in [0.25, 0.3) is 0 Å². The monoisotopic (exact) mass is 361 g/mol. The molecule has 0 bridgehead atoms. The summed E-state index contributed by atoms with van der Waals surface area (Å²) in [6.07, 6.45) is 0. The van der Waals surface area contributed by atoms with Gasteiger partial charge in [-0.1, -0.05) is 39.1 Å². The second-order valence-corrected chi connectivity index (χ2v) is 5.83. The van der Waals surface area contributed by atoms with Gasteiger partial charge in [-0.25, -0.2) is 4.39 Å². The van der Waals surface area contributed by atoms with Crippen molar-refractivity contribution in [3.8, 4) is 0 Å². The van der Waals surface area contributed by atoms with Gasteiger partial charge in [0.05, 0.1) is 11.1 Å². The van der Waals surface area contributed by atoms with Crippen LogP contribution in [0.1, 0.15) is 18.5 Å². The molecule has 1 atom stereocenters. The maximum absolute atomic E-state index is 13.5. The molecule has 100 valence electrons. The summed E-state index contributed by atoms with van der Waals surface area (Å²) in [6, 6.07) is 10.3. The highest BCUT2D eigenvalue weighted by Gasteiger charge is 2.16. The predicted octanol–water partition coefficient (Wildman–Crippen LogP) is 6.07. The summed E-state index contributed by atoms with van der Waals surface area (Å²) in [4.78, 5) is 0. The summed E-state index contributed by atoms with van der Waals surface area (Å²) in [5.74, 6) is -0.467. The third kappa shape index (κ3) is 3.41. The third-order valence-corrected chi connectivity index (χ3v) is 3.98. The first kappa shape index (κ1) is 14.6. The Morgan fingerprint density at radius 3 is 2.37 bits per heavy atom. The molecule has 0 aliphatic rings. The molecule has 0 saturated heterocycles. The van der Waals surface area contributed by atoms with E-state index in [0.29, 0.717) is 10.6 Å². The minimum absolute atomic E-state index is 0.0598. The SMILES string of the molecule is CC(Nc1ccc(Br)cc1)c1c(Cl)ccc(F)c1Cl. The first-order valence-electron chi connectivity index (χ1n) is 5.64. The topological polar surface area (TPSA) is 12.0 Å². The average molecular weight is 363 g/mol. The molecule has 0 aliphatic carbocycles. The molecule has 5 heteroatoms. The molecule has 0 heterocycles. The Morgan fingerprint density at radius 1 is 1.11 bits per heavy atom. The van der Waals surface area contributed by atoms with Crippen LogP contribution in [0.4, 0.5) is 10.1 Å².